The Labute approximate surface area is 178 Å². The quantitative estimate of drug-likeness (QED) is 0.463. The molecule has 0 unspecified atom stereocenters. The fourth-order valence-corrected chi connectivity index (χ4v) is 4.06. The monoisotopic (exact) mass is 417 g/mol. The van der Waals surface area contributed by atoms with Gasteiger partial charge in [-0.3, -0.25) is 9.55 Å². The third-order valence-electron chi connectivity index (χ3n) is 5.51. The molecule has 5 rings (SSSR count). The summed E-state index contributed by atoms with van der Waals surface area (Å²) in [5.74, 6) is 1.25. The van der Waals surface area contributed by atoms with Crippen molar-refractivity contribution in [1.82, 2.24) is 14.5 Å². The van der Waals surface area contributed by atoms with Gasteiger partial charge in [0.15, 0.2) is 0 Å². The molecule has 0 spiro atoms. The fraction of sp³-hybridized carbons (Fsp3) is 0.208. The largest absolute Gasteiger partial charge is 0.495 e. The first kappa shape index (κ1) is 18.8. The molecule has 0 amide bonds. The summed E-state index contributed by atoms with van der Waals surface area (Å²) in [7, 11) is 1.61. The minimum atomic E-state index is -0.339. The van der Waals surface area contributed by atoms with E-state index in [1.807, 2.05) is 24.3 Å². The first-order chi connectivity index (χ1) is 14.6. The van der Waals surface area contributed by atoms with Crippen LogP contribution < -0.4 is 10.4 Å². The second-order valence-electron chi connectivity index (χ2n) is 7.59. The van der Waals surface area contributed by atoms with E-state index in [4.69, 9.17) is 16.3 Å². The lowest BCUT2D eigenvalue weighted by Gasteiger charge is -2.15. The molecule has 30 heavy (non-hydrogen) atoms. The number of hydrogen-bond acceptors (Lipinski definition) is 4. The van der Waals surface area contributed by atoms with Gasteiger partial charge in [-0.15, -0.1) is 0 Å². The van der Waals surface area contributed by atoms with Crippen LogP contribution in [0.4, 0.5) is 0 Å². The molecule has 1 saturated carbocycles. The molecule has 0 radical (unpaired) electrons. The van der Waals surface area contributed by atoms with E-state index in [9.17, 15) is 4.79 Å². The molecule has 0 bridgehead atoms. The van der Waals surface area contributed by atoms with Crippen LogP contribution in [0.1, 0.15) is 35.6 Å². The summed E-state index contributed by atoms with van der Waals surface area (Å²) in [6, 6.07) is 15.6. The number of para-hydroxylation sites is 1. The van der Waals surface area contributed by atoms with Gasteiger partial charge < -0.3 is 4.74 Å². The van der Waals surface area contributed by atoms with Crippen LogP contribution in [-0.4, -0.2) is 21.6 Å². The minimum absolute atomic E-state index is 0.339. The molecule has 1 fully saturated rings. The van der Waals surface area contributed by atoms with Crippen LogP contribution in [0.5, 0.6) is 5.75 Å². The van der Waals surface area contributed by atoms with Gasteiger partial charge in [0.1, 0.15) is 5.75 Å². The van der Waals surface area contributed by atoms with E-state index in [0.717, 1.165) is 22.2 Å². The molecule has 5 nitrogen and oxygen atoms in total. The van der Waals surface area contributed by atoms with Crippen molar-refractivity contribution >= 4 is 22.5 Å². The number of hydrogen-bond donors (Lipinski definition) is 0. The second-order valence-corrected chi connectivity index (χ2v) is 8.00. The van der Waals surface area contributed by atoms with Crippen molar-refractivity contribution in [1.29, 1.82) is 0 Å². The molecule has 0 atom stereocenters. The van der Waals surface area contributed by atoms with E-state index in [0.29, 0.717) is 28.8 Å². The molecule has 2 aromatic carbocycles. The zero-order valence-corrected chi connectivity index (χ0v) is 17.3. The molecule has 0 N–H and O–H groups in total. The second kappa shape index (κ2) is 7.58. The number of methoxy groups -OCH3 is 1. The van der Waals surface area contributed by atoms with E-state index < -0.39 is 0 Å². The standard InChI is InChI=1S/C24H20ClN3O2/c1-30-18-10-15(13-26-14-18)11-21-19-9-8-17(16-6-7-16)12-23(19)28(24(29)27-21)22-5-3-2-4-20(22)25/h2-5,8-10,12-14,16H,6-7,11H2,1H3. The van der Waals surface area contributed by atoms with Crippen molar-refractivity contribution in [3.63, 3.8) is 0 Å². The molecule has 0 saturated heterocycles. The summed E-state index contributed by atoms with van der Waals surface area (Å²) < 4.78 is 6.90. The maximum Gasteiger partial charge on any atom is 0.352 e. The Morgan fingerprint density at radius 2 is 1.97 bits per heavy atom. The van der Waals surface area contributed by atoms with Gasteiger partial charge >= 0.3 is 5.69 Å². The zero-order valence-electron chi connectivity index (χ0n) is 16.5. The topological polar surface area (TPSA) is 57.0 Å². The lowest BCUT2D eigenvalue weighted by Crippen LogP contribution is -2.24. The zero-order chi connectivity index (χ0) is 20.7. The molecular formula is C24H20ClN3O2. The van der Waals surface area contributed by atoms with Crippen LogP contribution in [0.2, 0.25) is 5.02 Å². The molecule has 0 aliphatic heterocycles. The van der Waals surface area contributed by atoms with Crippen LogP contribution >= 0.6 is 11.6 Å². The van der Waals surface area contributed by atoms with Gasteiger partial charge in [-0.05, 0) is 54.2 Å². The van der Waals surface area contributed by atoms with E-state index >= 15 is 0 Å². The molecule has 1 aliphatic rings. The van der Waals surface area contributed by atoms with E-state index in [1.165, 1.54) is 18.4 Å². The van der Waals surface area contributed by atoms with Gasteiger partial charge in [0, 0.05) is 18.0 Å². The SMILES string of the molecule is COc1cncc(Cc2nc(=O)n(-c3ccccc3Cl)c3cc(C4CC4)ccc23)c1. The highest BCUT2D eigenvalue weighted by Crippen LogP contribution is 2.41. The molecular weight excluding hydrogens is 398 g/mol. The smallest absolute Gasteiger partial charge is 0.352 e. The van der Waals surface area contributed by atoms with Gasteiger partial charge in [0.25, 0.3) is 0 Å². The Morgan fingerprint density at radius 1 is 1.13 bits per heavy atom. The Kier molecular flexibility index (Phi) is 4.75. The Hall–Kier alpha value is -3.18. The third kappa shape index (κ3) is 3.46. The third-order valence-corrected chi connectivity index (χ3v) is 5.83. The Balaban J connectivity index is 1.72. The summed E-state index contributed by atoms with van der Waals surface area (Å²) in [6.07, 6.45) is 6.30. The number of ether oxygens (including phenoxy) is 1. The van der Waals surface area contributed by atoms with E-state index in [2.05, 4.69) is 28.2 Å². The van der Waals surface area contributed by atoms with Crippen molar-refractivity contribution < 1.29 is 4.74 Å². The van der Waals surface area contributed by atoms with Gasteiger partial charge in [-0.2, -0.15) is 4.98 Å². The summed E-state index contributed by atoms with van der Waals surface area (Å²) in [4.78, 5) is 21.8. The molecule has 1 aliphatic carbocycles. The van der Waals surface area contributed by atoms with Crippen molar-refractivity contribution in [2.24, 2.45) is 0 Å². The first-order valence-electron chi connectivity index (χ1n) is 9.92. The lowest BCUT2D eigenvalue weighted by molar-refractivity contribution is 0.412. The van der Waals surface area contributed by atoms with Gasteiger partial charge in [0.2, 0.25) is 0 Å². The van der Waals surface area contributed by atoms with Gasteiger partial charge in [-0.1, -0.05) is 35.9 Å². The summed E-state index contributed by atoms with van der Waals surface area (Å²) in [5.41, 5.74) is 4.04. The minimum Gasteiger partial charge on any atom is -0.495 e. The van der Waals surface area contributed by atoms with Crippen LogP contribution in [-0.2, 0) is 6.42 Å². The average Bonchev–Trinajstić information content (AvgIpc) is 3.60. The average molecular weight is 418 g/mol. The normalized spacial score (nSPS) is 13.5. The fourth-order valence-electron chi connectivity index (χ4n) is 3.84. The highest BCUT2D eigenvalue weighted by molar-refractivity contribution is 6.32. The van der Waals surface area contributed by atoms with Gasteiger partial charge in [0.05, 0.1) is 35.2 Å². The van der Waals surface area contributed by atoms with Crippen LogP contribution in [0, 0.1) is 0 Å². The molecule has 150 valence electrons. The van der Waals surface area contributed by atoms with Crippen molar-refractivity contribution in [3.8, 4) is 11.4 Å². The predicted molar refractivity (Wildman–Crippen MR) is 118 cm³/mol. The summed E-state index contributed by atoms with van der Waals surface area (Å²) in [5, 5.41) is 1.45. The Bertz CT molecular complexity index is 1310. The Morgan fingerprint density at radius 3 is 2.73 bits per heavy atom. The summed E-state index contributed by atoms with van der Waals surface area (Å²) >= 11 is 6.44. The van der Waals surface area contributed by atoms with Crippen LogP contribution in [0.15, 0.2) is 65.7 Å². The molecule has 2 heterocycles. The number of pyridine rings is 1. The van der Waals surface area contributed by atoms with E-state index in [-0.39, 0.29) is 5.69 Å². The van der Waals surface area contributed by atoms with Gasteiger partial charge in [-0.25, -0.2) is 4.79 Å². The first-order valence-corrected chi connectivity index (χ1v) is 10.3. The number of aromatic nitrogens is 3. The molecule has 6 heteroatoms. The highest BCUT2D eigenvalue weighted by Gasteiger charge is 2.25. The van der Waals surface area contributed by atoms with Crippen molar-refractivity contribution in [2.45, 2.75) is 25.2 Å². The number of rotatable bonds is 5. The van der Waals surface area contributed by atoms with Crippen LogP contribution in [0.3, 0.4) is 0 Å². The van der Waals surface area contributed by atoms with Crippen molar-refractivity contribution in [3.05, 3.63) is 93.3 Å². The van der Waals surface area contributed by atoms with Crippen molar-refractivity contribution in [2.75, 3.05) is 7.11 Å². The number of nitrogens with zero attached hydrogens (tertiary/aromatic N) is 3. The van der Waals surface area contributed by atoms with E-state index in [1.54, 1.807) is 30.1 Å². The van der Waals surface area contributed by atoms with Crippen LogP contribution in [0.25, 0.3) is 16.6 Å². The predicted octanol–water partition coefficient (Wildman–Crippen LogP) is 4.91. The number of benzene rings is 2. The number of fused-ring (bicyclic) bond motifs is 1. The lowest BCUT2D eigenvalue weighted by atomic mass is 10.0. The molecule has 4 aromatic rings. The summed E-state index contributed by atoms with van der Waals surface area (Å²) in [6.45, 7) is 0. The molecule has 2 aromatic heterocycles. The highest BCUT2D eigenvalue weighted by atomic mass is 35.5. The maximum absolute atomic E-state index is 13.2. The number of halogens is 1. The maximum atomic E-state index is 13.2.